The van der Waals surface area contributed by atoms with Crippen molar-refractivity contribution < 1.29 is 9.59 Å². The first kappa shape index (κ1) is 22.0. The van der Waals surface area contributed by atoms with Crippen LogP contribution in [0.2, 0.25) is 0 Å². The number of nitrogens with one attached hydrogen (secondary N) is 1. The predicted octanol–water partition coefficient (Wildman–Crippen LogP) is 4.20. The van der Waals surface area contributed by atoms with Crippen LogP contribution in [-0.4, -0.2) is 51.1 Å². The van der Waals surface area contributed by atoms with Gasteiger partial charge in [-0.1, -0.05) is 43.2 Å². The molecular formula is C25H31N5O2. The maximum Gasteiger partial charge on any atom is 0.252 e. The fourth-order valence-electron chi connectivity index (χ4n) is 4.20. The van der Waals surface area contributed by atoms with Gasteiger partial charge in [0.2, 0.25) is 5.91 Å². The molecule has 0 aliphatic carbocycles. The zero-order chi connectivity index (χ0) is 22.5. The van der Waals surface area contributed by atoms with Crippen LogP contribution in [-0.2, 0) is 4.79 Å². The molecule has 1 aliphatic heterocycles. The zero-order valence-electron chi connectivity index (χ0n) is 18.9. The van der Waals surface area contributed by atoms with E-state index < -0.39 is 0 Å². The fourth-order valence-corrected chi connectivity index (χ4v) is 4.20. The van der Waals surface area contributed by atoms with Crippen molar-refractivity contribution in [3.8, 4) is 11.3 Å². The lowest BCUT2D eigenvalue weighted by Crippen LogP contribution is -2.35. The summed E-state index contributed by atoms with van der Waals surface area (Å²) in [7, 11) is 0. The molecule has 1 aliphatic rings. The molecule has 0 radical (unpaired) electrons. The average Bonchev–Trinajstić information content (AvgIpc) is 3.04. The van der Waals surface area contributed by atoms with Gasteiger partial charge in [-0.15, -0.1) is 0 Å². The lowest BCUT2D eigenvalue weighted by atomic mass is 10.1. The summed E-state index contributed by atoms with van der Waals surface area (Å²) in [4.78, 5) is 32.4. The van der Waals surface area contributed by atoms with E-state index in [9.17, 15) is 9.59 Å². The topological polar surface area (TPSA) is 80.1 Å². The van der Waals surface area contributed by atoms with Crippen LogP contribution in [0.1, 0.15) is 62.4 Å². The highest BCUT2D eigenvalue weighted by Gasteiger charge is 2.20. The molecule has 7 nitrogen and oxygen atoms in total. The molecule has 1 fully saturated rings. The van der Waals surface area contributed by atoms with Crippen LogP contribution in [0.3, 0.4) is 0 Å². The number of aromatic nitrogens is 3. The molecule has 1 N–H and O–H groups in total. The lowest BCUT2D eigenvalue weighted by Gasteiger charge is -2.20. The van der Waals surface area contributed by atoms with Crippen LogP contribution in [0.25, 0.3) is 22.3 Å². The van der Waals surface area contributed by atoms with Gasteiger partial charge in [0.05, 0.1) is 22.8 Å². The largest absolute Gasteiger partial charge is 0.351 e. The third-order valence-corrected chi connectivity index (χ3v) is 5.95. The highest BCUT2D eigenvalue weighted by Crippen LogP contribution is 2.26. The van der Waals surface area contributed by atoms with Gasteiger partial charge in [0.25, 0.3) is 5.91 Å². The SMILES string of the molecule is CC(C)n1ncc2c(C(=O)NCCC(=O)N3CCCCCC3)cc(-c3ccccc3)nc21. The highest BCUT2D eigenvalue weighted by molar-refractivity contribution is 6.06. The van der Waals surface area contributed by atoms with E-state index in [1.807, 2.05) is 59.8 Å². The summed E-state index contributed by atoms with van der Waals surface area (Å²) in [6, 6.07) is 11.8. The number of amides is 2. The Morgan fingerprint density at radius 1 is 1.06 bits per heavy atom. The average molecular weight is 434 g/mol. The van der Waals surface area contributed by atoms with Gasteiger partial charge < -0.3 is 10.2 Å². The van der Waals surface area contributed by atoms with Crippen molar-refractivity contribution >= 4 is 22.8 Å². The minimum atomic E-state index is -0.207. The first-order chi connectivity index (χ1) is 15.5. The summed E-state index contributed by atoms with van der Waals surface area (Å²) in [5.74, 6) is -0.0915. The lowest BCUT2D eigenvalue weighted by molar-refractivity contribution is -0.131. The molecule has 0 bridgehead atoms. The maximum atomic E-state index is 13.1. The molecule has 3 aromatic rings. The van der Waals surface area contributed by atoms with Gasteiger partial charge in [-0.3, -0.25) is 9.59 Å². The van der Waals surface area contributed by atoms with Crippen molar-refractivity contribution in [2.45, 2.75) is 52.0 Å². The van der Waals surface area contributed by atoms with Crippen LogP contribution >= 0.6 is 0 Å². The summed E-state index contributed by atoms with van der Waals surface area (Å²) >= 11 is 0. The van der Waals surface area contributed by atoms with Gasteiger partial charge in [0.1, 0.15) is 0 Å². The van der Waals surface area contributed by atoms with Crippen molar-refractivity contribution in [1.29, 1.82) is 0 Å². The number of carbonyl (C=O) groups excluding carboxylic acids is 2. The molecule has 2 amide bonds. The number of hydrogen-bond donors (Lipinski definition) is 1. The van der Waals surface area contributed by atoms with E-state index in [0.29, 0.717) is 24.2 Å². The van der Waals surface area contributed by atoms with Gasteiger partial charge in [-0.2, -0.15) is 5.10 Å². The molecule has 0 saturated carbocycles. The van der Waals surface area contributed by atoms with E-state index in [2.05, 4.69) is 10.4 Å². The van der Waals surface area contributed by atoms with Crippen LogP contribution < -0.4 is 5.32 Å². The molecule has 1 saturated heterocycles. The third-order valence-electron chi connectivity index (χ3n) is 5.95. The Bertz CT molecular complexity index is 1080. The molecule has 32 heavy (non-hydrogen) atoms. The molecule has 168 valence electrons. The van der Waals surface area contributed by atoms with E-state index in [0.717, 1.165) is 42.6 Å². The second-order valence-corrected chi connectivity index (χ2v) is 8.64. The number of hydrogen-bond acceptors (Lipinski definition) is 4. The number of carbonyl (C=O) groups is 2. The second kappa shape index (κ2) is 9.94. The van der Waals surface area contributed by atoms with Gasteiger partial charge in [-0.25, -0.2) is 9.67 Å². The summed E-state index contributed by atoms with van der Waals surface area (Å²) in [5.41, 5.74) is 2.89. The molecule has 0 atom stereocenters. The van der Waals surface area contributed by atoms with E-state index >= 15 is 0 Å². The van der Waals surface area contributed by atoms with Crippen molar-refractivity contribution in [1.82, 2.24) is 25.0 Å². The molecule has 4 rings (SSSR count). The number of benzene rings is 1. The van der Waals surface area contributed by atoms with Crippen molar-refractivity contribution in [3.63, 3.8) is 0 Å². The fraction of sp³-hybridized carbons (Fsp3) is 0.440. The van der Waals surface area contributed by atoms with Crippen molar-refractivity contribution in [2.75, 3.05) is 19.6 Å². The number of fused-ring (bicyclic) bond motifs is 1. The monoisotopic (exact) mass is 433 g/mol. The first-order valence-corrected chi connectivity index (χ1v) is 11.5. The van der Waals surface area contributed by atoms with Gasteiger partial charge in [0.15, 0.2) is 5.65 Å². The highest BCUT2D eigenvalue weighted by atomic mass is 16.2. The minimum absolute atomic E-state index is 0.115. The molecule has 2 aromatic heterocycles. The number of likely N-dealkylation sites (tertiary alicyclic amines) is 1. The maximum absolute atomic E-state index is 13.1. The van der Waals surface area contributed by atoms with E-state index in [1.54, 1.807) is 6.20 Å². The summed E-state index contributed by atoms with van der Waals surface area (Å²) < 4.78 is 1.83. The first-order valence-electron chi connectivity index (χ1n) is 11.5. The van der Waals surface area contributed by atoms with E-state index in [4.69, 9.17) is 4.98 Å². The van der Waals surface area contributed by atoms with Crippen LogP contribution in [0.4, 0.5) is 0 Å². The van der Waals surface area contributed by atoms with Crippen LogP contribution in [0, 0.1) is 0 Å². The van der Waals surface area contributed by atoms with Crippen molar-refractivity contribution in [3.05, 3.63) is 48.2 Å². The Morgan fingerprint density at radius 2 is 1.78 bits per heavy atom. The summed E-state index contributed by atoms with van der Waals surface area (Å²) in [6.45, 7) is 6.05. The molecule has 0 unspecified atom stereocenters. The predicted molar refractivity (Wildman–Crippen MR) is 125 cm³/mol. The Labute approximate surface area is 188 Å². The third kappa shape index (κ3) is 4.82. The summed E-state index contributed by atoms with van der Waals surface area (Å²) in [5, 5.41) is 8.12. The van der Waals surface area contributed by atoms with Crippen LogP contribution in [0.5, 0.6) is 0 Å². The van der Waals surface area contributed by atoms with E-state index in [-0.39, 0.29) is 17.9 Å². The zero-order valence-corrected chi connectivity index (χ0v) is 18.9. The second-order valence-electron chi connectivity index (χ2n) is 8.64. The standard InChI is InChI=1S/C25H31N5O2/c1-18(2)30-24-21(17-27-30)20(16-22(28-24)19-10-6-5-7-11-19)25(32)26-13-12-23(31)29-14-8-3-4-9-15-29/h5-7,10-11,16-18H,3-4,8-9,12-15H2,1-2H3,(H,26,32). The Morgan fingerprint density at radius 3 is 2.47 bits per heavy atom. The van der Waals surface area contributed by atoms with Gasteiger partial charge in [0, 0.05) is 37.7 Å². The molecule has 3 heterocycles. The Balaban J connectivity index is 1.54. The van der Waals surface area contributed by atoms with Crippen LogP contribution in [0.15, 0.2) is 42.6 Å². The normalized spacial score (nSPS) is 14.5. The summed E-state index contributed by atoms with van der Waals surface area (Å²) in [6.07, 6.45) is 6.52. The molecule has 7 heteroatoms. The molecule has 0 spiro atoms. The Kier molecular flexibility index (Phi) is 6.83. The van der Waals surface area contributed by atoms with Gasteiger partial charge >= 0.3 is 0 Å². The number of rotatable bonds is 6. The number of nitrogens with zero attached hydrogens (tertiary/aromatic N) is 4. The molecule has 1 aromatic carbocycles. The Hall–Kier alpha value is -3.22. The van der Waals surface area contributed by atoms with E-state index in [1.165, 1.54) is 12.8 Å². The number of pyridine rings is 1. The minimum Gasteiger partial charge on any atom is -0.351 e. The smallest absolute Gasteiger partial charge is 0.252 e. The van der Waals surface area contributed by atoms with Crippen molar-refractivity contribution in [2.24, 2.45) is 0 Å². The molecular weight excluding hydrogens is 402 g/mol. The van der Waals surface area contributed by atoms with Gasteiger partial charge in [-0.05, 0) is 32.8 Å². The quantitative estimate of drug-likeness (QED) is 0.632.